The first-order valence-electron chi connectivity index (χ1n) is 8.84. The number of benzene rings is 1. The summed E-state index contributed by atoms with van der Waals surface area (Å²) in [5.41, 5.74) is -0.552. The normalized spacial score (nSPS) is 15.7. The number of urea groups is 1. The molecule has 0 aliphatic carbocycles. The Hall–Kier alpha value is -3.83. The van der Waals surface area contributed by atoms with Crippen LogP contribution in [-0.4, -0.2) is 36.3 Å². The lowest BCUT2D eigenvalue weighted by atomic mass is 10.2. The maximum Gasteiger partial charge on any atom is 0.333 e. The van der Waals surface area contributed by atoms with Gasteiger partial charge < -0.3 is 10.2 Å². The van der Waals surface area contributed by atoms with Crippen LogP contribution >= 0.6 is 0 Å². The molecular formula is C18H15F3N6O3. The summed E-state index contributed by atoms with van der Waals surface area (Å²) in [5, 5.41) is 6.57. The second-order valence-electron chi connectivity index (χ2n) is 6.80. The Labute approximate surface area is 166 Å². The van der Waals surface area contributed by atoms with Crippen molar-refractivity contribution >= 4 is 11.7 Å². The van der Waals surface area contributed by atoms with E-state index in [9.17, 15) is 27.6 Å². The molecule has 3 heterocycles. The number of carbonyl (C=O) groups is 1. The van der Waals surface area contributed by atoms with Crippen LogP contribution in [-0.2, 0) is 13.1 Å². The number of carbonyl (C=O) groups excluding carboxylic acids is 1. The number of nitrogens with one attached hydrogen (secondary N) is 2. The number of anilines is 1. The summed E-state index contributed by atoms with van der Waals surface area (Å²) in [4.78, 5) is 39.6. The standard InChI is InChI=1S/C18H15F3N6O3/c1-9-7-27-14(13(6-22-27)25-3-2-15(28)24-18(25)30)8-26(9)17(29)23-10-4-11(19)16(21)12(20)5-10/h2-6,9H,7-8H2,1H3,(H,23,29)(H,24,28,30)/t9-/m0/s1. The third-order valence-electron chi connectivity index (χ3n) is 4.80. The molecule has 2 N–H and O–H groups in total. The van der Waals surface area contributed by atoms with Gasteiger partial charge in [0.1, 0.15) is 0 Å². The lowest BCUT2D eigenvalue weighted by Gasteiger charge is -2.34. The van der Waals surface area contributed by atoms with E-state index in [2.05, 4.69) is 15.4 Å². The molecule has 1 atom stereocenters. The maximum absolute atomic E-state index is 13.4. The van der Waals surface area contributed by atoms with Gasteiger partial charge in [0.25, 0.3) is 5.56 Å². The molecule has 1 aromatic carbocycles. The number of aromatic amines is 1. The third kappa shape index (κ3) is 3.36. The molecule has 12 heteroatoms. The average molecular weight is 420 g/mol. The summed E-state index contributed by atoms with van der Waals surface area (Å²) in [6.07, 6.45) is 2.74. The first-order valence-corrected chi connectivity index (χ1v) is 8.84. The van der Waals surface area contributed by atoms with Crippen molar-refractivity contribution in [3.8, 4) is 5.69 Å². The number of fused-ring (bicyclic) bond motifs is 1. The Bertz CT molecular complexity index is 1240. The van der Waals surface area contributed by atoms with Gasteiger partial charge in [-0.15, -0.1) is 0 Å². The zero-order valence-electron chi connectivity index (χ0n) is 15.5. The summed E-state index contributed by atoms with van der Waals surface area (Å²) < 4.78 is 42.8. The fourth-order valence-electron chi connectivity index (χ4n) is 3.29. The van der Waals surface area contributed by atoms with Crippen molar-refractivity contribution in [2.45, 2.75) is 26.1 Å². The van der Waals surface area contributed by atoms with Gasteiger partial charge in [-0.3, -0.25) is 19.0 Å². The summed E-state index contributed by atoms with van der Waals surface area (Å²) in [5.74, 6) is -4.47. The number of nitrogens with zero attached hydrogens (tertiary/aromatic N) is 4. The van der Waals surface area contributed by atoms with E-state index in [-0.39, 0.29) is 18.3 Å². The highest BCUT2D eigenvalue weighted by Gasteiger charge is 2.30. The molecular weight excluding hydrogens is 405 g/mol. The fraction of sp³-hybridized carbons (Fsp3) is 0.222. The molecule has 4 rings (SSSR count). The number of halogens is 3. The predicted octanol–water partition coefficient (Wildman–Crippen LogP) is 1.58. The number of hydrogen-bond acceptors (Lipinski definition) is 4. The Morgan fingerprint density at radius 1 is 1.23 bits per heavy atom. The first kappa shape index (κ1) is 19.5. The Balaban J connectivity index is 1.63. The largest absolute Gasteiger partial charge is 0.333 e. The molecule has 2 amide bonds. The third-order valence-corrected chi connectivity index (χ3v) is 4.80. The highest BCUT2D eigenvalue weighted by molar-refractivity contribution is 5.89. The summed E-state index contributed by atoms with van der Waals surface area (Å²) in [7, 11) is 0. The van der Waals surface area contributed by atoms with Gasteiger partial charge in [0.2, 0.25) is 0 Å². The van der Waals surface area contributed by atoms with Crippen LogP contribution in [0.4, 0.5) is 23.7 Å². The van der Waals surface area contributed by atoms with Gasteiger partial charge in [-0.2, -0.15) is 5.10 Å². The smallest absolute Gasteiger partial charge is 0.314 e. The van der Waals surface area contributed by atoms with Crippen molar-refractivity contribution < 1.29 is 18.0 Å². The van der Waals surface area contributed by atoms with Crippen molar-refractivity contribution in [2.75, 3.05) is 5.32 Å². The second-order valence-corrected chi connectivity index (χ2v) is 6.80. The molecule has 2 aromatic heterocycles. The molecule has 0 bridgehead atoms. The summed E-state index contributed by atoms with van der Waals surface area (Å²) in [6.45, 7) is 2.08. The lowest BCUT2D eigenvalue weighted by Crippen LogP contribution is -2.47. The second kappa shape index (κ2) is 7.21. The van der Waals surface area contributed by atoms with E-state index < -0.39 is 34.7 Å². The van der Waals surface area contributed by atoms with Crippen molar-refractivity contribution in [1.82, 2.24) is 24.2 Å². The van der Waals surface area contributed by atoms with E-state index in [0.29, 0.717) is 30.1 Å². The molecule has 0 saturated carbocycles. The number of H-pyrrole nitrogens is 1. The van der Waals surface area contributed by atoms with Gasteiger partial charge in [0, 0.05) is 30.1 Å². The molecule has 9 nitrogen and oxygen atoms in total. The molecule has 0 radical (unpaired) electrons. The van der Waals surface area contributed by atoms with Crippen molar-refractivity contribution in [3.63, 3.8) is 0 Å². The van der Waals surface area contributed by atoms with E-state index >= 15 is 0 Å². The molecule has 0 saturated heterocycles. The van der Waals surface area contributed by atoms with Crippen molar-refractivity contribution in [2.24, 2.45) is 0 Å². The van der Waals surface area contributed by atoms with Gasteiger partial charge in [-0.05, 0) is 6.92 Å². The number of hydrogen-bond donors (Lipinski definition) is 2. The summed E-state index contributed by atoms with van der Waals surface area (Å²) in [6, 6.07) is 1.53. The van der Waals surface area contributed by atoms with E-state index in [0.717, 1.165) is 0 Å². The average Bonchev–Trinajstić information content (AvgIpc) is 3.07. The van der Waals surface area contributed by atoms with Crippen LogP contribution in [0, 0.1) is 17.5 Å². The highest BCUT2D eigenvalue weighted by Crippen LogP contribution is 2.24. The Kier molecular flexibility index (Phi) is 4.68. The first-order chi connectivity index (χ1) is 14.2. The van der Waals surface area contributed by atoms with E-state index in [4.69, 9.17) is 0 Å². The molecule has 0 spiro atoms. The van der Waals surface area contributed by atoms with E-state index in [1.165, 1.54) is 27.9 Å². The molecule has 1 aliphatic heterocycles. The van der Waals surface area contributed by atoms with Crippen molar-refractivity contribution in [1.29, 1.82) is 0 Å². The van der Waals surface area contributed by atoms with Gasteiger partial charge in [-0.1, -0.05) is 0 Å². The molecule has 0 fully saturated rings. The van der Waals surface area contributed by atoms with Gasteiger partial charge in [0.05, 0.1) is 36.7 Å². The van der Waals surface area contributed by atoms with E-state index in [1.807, 2.05) is 0 Å². The van der Waals surface area contributed by atoms with Gasteiger partial charge in [0.15, 0.2) is 17.5 Å². The number of aromatic nitrogens is 4. The molecule has 3 aromatic rings. The zero-order valence-corrected chi connectivity index (χ0v) is 15.5. The topological polar surface area (TPSA) is 105 Å². The SMILES string of the molecule is C[C@H]1Cn2ncc(-n3ccc(=O)[nH]c3=O)c2CN1C(=O)Nc1cc(F)c(F)c(F)c1. The quantitative estimate of drug-likeness (QED) is 0.614. The maximum atomic E-state index is 13.4. The molecule has 0 unspecified atom stereocenters. The zero-order chi connectivity index (χ0) is 21.6. The van der Waals surface area contributed by atoms with Gasteiger partial charge >= 0.3 is 11.7 Å². The lowest BCUT2D eigenvalue weighted by molar-refractivity contribution is 0.161. The molecule has 30 heavy (non-hydrogen) atoms. The molecule has 1 aliphatic rings. The van der Waals surface area contributed by atoms with Crippen LogP contribution in [0.1, 0.15) is 12.6 Å². The minimum atomic E-state index is -1.63. The molecule has 156 valence electrons. The van der Waals surface area contributed by atoms with Crippen LogP contribution in [0.15, 0.2) is 40.2 Å². The minimum absolute atomic E-state index is 0.0278. The number of amides is 2. The van der Waals surface area contributed by atoms with Crippen LogP contribution < -0.4 is 16.6 Å². The van der Waals surface area contributed by atoms with Crippen LogP contribution in [0.2, 0.25) is 0 Å². The van der Waals surface area contributed by atoms with Crippen molar-refractivity contribution in [3.05, 3.63) is 74.6 Å². The fourth-order valence-corrected chi connectivity index (χ4v) is 3.29. The van der Waals surface area contributed by atoms with Crippen LogP contribution in [0.25, 0.3) is 5.69 Å². The van der Waals surface area contributed by atoms with E-state index in [1.54, 1.807) is 11.6 Å². The Morgan fingerprint density at radius 2 is 1.93 bits per heavy atom. The monoisotopic (exact) mass is 420 g/mol. The predicted molar refractivity (Wildman–Crippen MR) is 98.8 cm³/mol. The van der Waals surface area contributed by atoms with Crippen LogP contribution in [0.3, 0.4) is 0 Å². The highest BCUT2D eigenvalue weighted by atomic mass is 19.2. The van der Waals surface area contributed by atoms with Gasteiger partial charge in [-0.25, -0.2) is 22.8 Å². The minimum Gasteiger partial charge on any atom is -0.314 e. The van der Waals surface area contributed by atoms with Crippen LogP contribution in [0.5, 0.6) is 0 Å². The number of rotatable bonds is 2. The Morgan fingerprint density at radius 3 is 2.60 bits per heavy atom. The summed E-state index contributed by atoms with van der Waals surface area (Å²) >= 11 is 0.